The minimum absolute atomic E-state index is 0.0287. The number of hydrogen-bond donors (Lipinski definition) is 0. The van der Waals surface area contributed by atoms with E-state index in [2.05, 4.69) is 0 Å². The summed E-state index contributed by atoms with van der Waals surface area (Å²) in [4.78, 5) is 34.5. The third kappa shape index (κ3) is 5.57. The summed E-state index contributed by atoms with van der Waals surface area (Å²) in [6.07, 6.45) is -3.72. The van der Waals surface area contributed by atoms with Gasteiger partial charge in [-0.05, 0) is 13.8 Å². The van der Waals surface area contributed by atoms with Crippen molar-refractivity contribution >= 4 is 17.9 Å². The van der Waals surface area contributed by atoms with E-state index in [1.54, 1.807) is 13.8 Å². The van der Waals surface area contributed by atoms with Gasteiger partial charge in [-0.15, -0.1) is 0 Å². The number of ether oxygens (including phenoxy) is 7. The quantitative estimate of drug-likeness (QED) is 0.357. The smallest absolute Gasteiger partial charge is 0.378 e. The second kappa shape index (κ2) is 8.13. The number of esters is 3. The molecule has 152 valence electrons. The monoisotopic (exact) mass is 388 g/mol. The molecule has 27 heavy (non-hydrogen) atoms. The number of rotatable bonds is 7. The van der Waals surface area contributed by atoms with Crippen LogP contribution in [-0.2, 0) is 47.5 Å². The molecule has 0 aliphatic carbocycles. The van der Waals surface area contributed by atoms with E-state index in [4.69, 9.17) is 33.2 Å². The summed E-state index contributed by atoms with van der Waals surface area (Å²) in [5.74, 6) is -3.16. The van der Waals surface area contributed by atoms with Crippen LogP contribution in [0.5, 0.6) is 0 Å². The first-order valence-electron chi connectivity index (χ1n) is 8.43. The summed E-state index contributed by atoms with van der Waals surface area (Å²) in [5.41, 5.74) is 0. The van der Waals surface area contributed by atoms with E-state index in [9.17, 15) is 14.4 Å². The summed E-state index contributed by atoms with van der Waals surface area (Å²) in [5, 5.41) is 0. The van der Waals surface area contributed by atoms with E-state index in [1.165, 1.54) is 27.7 Å². The number of cyclic esters (lactones) is 1. The molecule has 1 fully saturated rings. The Hall–Kier alpha value is -2.33. The van der Waals surface area contributed by atoms with Gasteiger partial charge in [0.05, 0.1) is 6.61 Å². The van der Waals surface area contributed by atoms with Gasteiger partial charge in [0, 0.05) is 27.7 Å². The van der Waals surface area contributed by atoms with Gasteiger partial charge in [-0.2, -0.15) is 0 Å². The maximum Gasteiger partial charge on any atom is 0.378 e. The molecule has 4 unspecified atom stereocenters. The molecule has 0 N–H and O–H groups in total. The van der Waals surface area contributed by atoms with Crippen molar-refractivity contribution in [3.63, 3.8) is 0 Å². The molecule has 0 radical (unpaired) electrons. The molecule has 2 aliphatic rings. The number of hydrogen-bond acceptors (Lipinski definition) is 10. The lowest BCUT2D eigenvalue weighted by Gasteiger charge is -2.23. The Kier molecular flexibility index (Phi) is 6.32. The van der Waals surface area contributed by atoms with Gasteiger partial charge in [0.2, 0.25) is 12.6 Å². The van der Waals surface area contributed by atoms with Crippen molar-refractivity contribution in [1.82, 2.24) is 0 Å². The highest BCUT2D eigenvalue weighted by Crippen LogP contribution is 2.35. The molecular weight excluding hydrogens is 364 g/mol. The first-order valence-corrected chi connectivity index (χ1v) is 8.43. The van der Waals surface area contributed by atoms with Gasteiger partial charge in [0.25, 0.3) is 5.76 Å². The first-order chi connectivity index (χ1) is 12.5. The molecule has 2 heterocycles. The molecule has 0 spiro atoms. The van der Waals surface area contributed by atoms with Crippen molar-refractivity contribution in [2.45, 2.75) is 72.1 Å². The van der Waals surface area contributed by atoms with Gasteiger partial charge in [-0.1, -0.05) is 0 Å². The van der Waals surface area contributed by atoms with E-state index in [1.807, 2.05) is 0 Å². The van der Waals surface area contributed by atoms with Crippen LogP contribution in [-0.4, -0.2) is 55.1 Å². The van der Waals surface area contributed by atoms with Gasteiger partial charge in [-0.25, -0.2) is 4.79 Å². The van der Waals surface area contributed by atoms with Crippen molar-refractivity contribution in [3.8, 4) is 0 Å². The first kappa shape index (κ1) is 21.0. The Labute approximate surface area is 156 Å². The molecule has 10 nitrogen and oxygen atoms in total. The molecule has 0 saturated carbocycles. The largest absolute Gasteiger partial charge is 0.451 e. The zero-order valence-electron chi connectivity index (χ0n) is 16.1. The van der Waals surface area contributed by atoms with Crippen LogP contribution in [0.25, 0.3) is 0 Å². The van der Waals surface area contributed by atoms with Crippen LogP contribution in [0.15, 0.2) is 11.5 Å². The van der Waals surface area contributed by atoms with Gasteiger partial charge < -0.3 is 33.2 Å². The van der Waals surface area contributed by atoms with Crippen LogP contribution in [0.1, 0.15) is 41.5 Å². The summed E-state index contributed by atoms with van der Waals surface area (Å²) in [6.45, 7) is 8.91. The molecule has 2 aliphatic heterocycles. The molecule has 2 rings (SSSR count). The Morgan fingerprint density at radius 2 is 1.63 bits per heavy atom. The van der Waals surface area contributed by atoms with Crippen LogP contribution in [0.4, 0.5) is 0 Å². The fourth-order valence-corrected chi connectivity index (χ4v) is 2.65. The third-order valence-corrected chi connectivity index (χ3v) is 3.51. The lowest BCUT2D eigenvalue weighted by molar-refractivity contribution is -0.175. The lowest BCUT2D eigenvalue weighted by atomic mass is 10.2. The highest BCUT2D eigenvalue weighted by Gasteiger charge is 2.49. The van der Waals surface area contributed by atoms with Crippen LogP contribution in [0.3, 0.4) is 0 Å². The summed E-state index contributed by atoms with van der Waals surface area (Å²) in [7, 11) is 0. The standard InChI is InChI=1S/C17H24O10/c1-8(18)22-10(3)24-14-13(12-7-21-17(5,6)27-12)26-16(20)15(14)25-11(4)23-9(2)19/h10-13H,7H2,1-6H3. The Bertz CT molecular complexity index is 638. The lowest BCUT2D eigenvalue weighted by Crippen LogP contribution is -2.34. The average Bonchev–Trinajstić information content (AvgIpc) is 2.99. The molecule has 10 heteroatoms. The van der Waals surface area contributed by atoms with E-state index in [0.717, 1.165) is 0 Å². The number of carbonyl (C=O) groups is 3. The zero-order valence-corrected chi connectivity index (χ0v) is 16.1. The molecular formula is C17H24O10. The van der Waals surface area contributed by atoms with Gasteiger partial charge >= 0.3 is 17.9 Å². The second-order valence-electron chi connectivity index (χ2n) is 6.48. The molecule has 1 saturated heterocycles. The molecule has 0 aromatic rings. The van der Waals surface area contributed by atoms with Crippen molar-refractivity contribution < 1.29 is 47.5 Å². The third-order valence-electron chi connectivity index (χ3n) is 3.51. The number of carbonyl (C=O) groups excluding carboxylic acids is 3. The Morgan fingerprint density at radius 1 is 1.07 bits per heavy atom. The minimum atomic E-state index is -1.07. The van der Waals surface area contributed by atoms with Crippen LogP contribution in [0.2, 0.25) is 0 Å². The van der Waals surface area contributed by atoms with Crippen LogP contribution < -0.4 is 0 Å². The normalized spacial score (nSPS) is 26.2. The fraction of sp³-hybridized carbons (Fsp3) is 0.706. The SMILES string of the molecule is CC(=O)OC(C)OC1=C(OC(C)OC(C)=O)C(C2COC(C)(C)O2)OC1=O. The van der Waals surface area contributed by atoms with Crippen LogP contribution >= 0.6 is 0 Å². The van der Waals surface area contributed by atoms with Crippen molar-refractivity contribution in [2.75, 3.05) is 6.61 Å². The van der Waals surface area contributed by atoms with E-state index in [0.29, 0.717) is 0 Å². The molecule has 0 bridgehead atoms. The molecule has 0 amide bonds. The average molecular weight is 388 g/mol. The summed E-state index contributed by atoms with van der Waals surface area (Å²) in [6, 6.07) is 0. The zero-order chi connectivity index (χ0) is 20.4. The molecule has 0 aromatic carbocycles. The highest BCUT2D eigenvalue weighted by atomic mass is 16.8. The summed E-state index contributed by atoms with van der Waals surface area (Å²) < 4.78 is 37.4. The Balaban J connectivity index is 2.26. The molecule has 0 aromatic heterocycles. The molecule has 4 atom stereocenters. The summed E-state index contributed by atoms with van der Waals surface area (Å²) >= 11 is 0. The van der Waals surface area contributed by atoms with Gasteiger partial charge in [0.15, 0.2) is 17.7 Å². The van der Waals surface area contributed by atoms with E-state index >= 15 is 0 Å². The minimum Gasteiger partial charge on any atom is -0.451 e. The predicted molar refractivity (Wildman–Crippen MR) is 86.4 cm³/mol. The topological polar surface area (TPSA) is 116 Å². The van der Waals surface area contributed by atoms with Gasteiger partial charge in [0.1, 0.15) is 6.10 Å². The second-order valence-corrected chi connectivity index (χ2v) is 6.48. The highest BCUT2D eigenvalue weighted by molar-refractivity contribution is 5.89. The van der Waals surface area contributed by atoms with Crippen molar-refractivity contribution in [2.24, 2.45) is 0 Å². The maximum absolute atomic E-state index is 12.3. The maximum atomic E-state index is 12.3. The van der Waals surface area contributed by atoms with E-state index < -0.39 is 48.5 Å². The fourth-order valence-electron chi connectivity index (χ4n) is 2.65. The Morgan fingerprint density at radius 3 is 2.11 bits per heavy atom. The van der Waals surface area contributed by atoms with Gasteiger partial charge in [-0.3, -0.25) is 9.59 Å². The predicted octanol–water partition coefficient (Wildman–Crippen LogP) is 1.13. The van der Waals surface area contributed by atoms with Crippen molar-refractivity contribution in [3.05, 3.63) is 11.5 Å². The van der Waals surface area contributed by atoms with Crippen molar-refractivity contribution in [1.29, 1.82) is 0 Å². The van der Waals surface area contributed by atoms with E-state index in [-0.39, 0.29) is 18.1 Å². The van der Waals surface area contributed by atoms with Crippen LogP contribution in [0, 0.1) is 0 Å².